The molecule has 0 aliphatic carbocycles. The summed E-state index contributed by atoms with van der Waals surface area (Å²) in [6.07, 6.45) is 0. The summed E-state index contributed by atoms with van der Waals surface area (Å²) in [6, 6.07) is 17.0. The Bertz CT molecular complexity index is 1320. The number of anilines is 1. The molecule has 0 saturated carbocycles. The smallest absolute Gasteiger partial charge is 0.300 e. The van der Waals surface area contributed by atoms with Gasteiger partial charge in [0.2, 0.25) is 0 Å². The number of ketones is 1. The van der Waals surface area contributed by atoms with Gasteiger partial charge < -0.3 is 14.6 Å². The first kappa shape index (κ1) is 24.0. The molecule has 180 valence electrons. The highest BCUT2D eigenvalue weighted by molar-refractivity contribution is 6.51. The lowest BCUT2D eigenvalue weighted by atomic mass is 9.94. The van der Waals surface area contributed by atoms with E-state index in [9.17, 15) is 19.1 Å². The van der Waals surface area contributed by atoms with Crippen LogP contribution in [-0.2, 0) is 9.59 Å². The van der Waals surface area contributed by atoms with Crippen molar-refractivity contribution in [2.75, 3.05) is 18.1 Å². The lowest BCUT2D eigenvalue weighted by Gasteiger charge is -2.26. The summed E-state index contributed by atoms with van der Waals surface area (Å²) in [5.74, 6) is -1.32. The number of aliphatic hydroxyl groups is 1. The Kier molecular flexibility index (Phi) is 6.87. The second kappa shape index (κ2) is 10.0. The largest absolute Gasteiger partial charge is 0.507 e. The summed E-state index contributed by atoms with van der Waals surface area (Å²) in [5.41, 5.74) is 1.49. The molecule has 1 amide bonds. The number of rotatable bonds is 7. The first-order valence-electron chi connectivity index (χ1n) is 11.4. The maximum atomic E-state index is 13.9. The summed E-state index contributed by atoms with van der Waals surface area (Å²) < 4.78 is 25.1. The molecule has 1 aliphatic heterocycles. The minimum absolute atomic E-state index is 0.0866. The first-order chi connectivity index (χ1) is 16.8. The standard InChI is InChI=1S/C28H26FNO5/c1-4-34-21-10-6-8-18(15-21)25-24(26(31)19-12-13-23(29)17(3)14-19)27(32)28(33)30(25)20-9-7-11-22(16-20)35-5-2/h6-16,25,31H,4-5H2,1-3H3/b26-24+. The molecule has 1 saturated heterocycles. The van der Waals surface area contributed by atoms with Crippen LogP contribution in [0.1, 0.15) is 36.6 Å². The third-order valence-corrected chi connectivity index (χ3v) is 5.77. The van der Waals surface area contributed by atoms with E-state index < -0.39 is 23.5 Å². The molecule has 1 N–H and O–H groups in total. The summed E-state index contributed by atoms with van der Waals surface area (Å²) in [5, 5.41) is 11.2. The van der Waals surface area contributed by atoms with Crippen molar-refractivity contribution in [3.8, 4) is 11.5 Å². The molecule has 4 rings (SSSR count). The fraction of sp³-hybridized carbons (Fsp3) is 0.214. The highest BCUT2D eigenvalue weighted by atomic mass is 19.1. The van der Waals surface area contributed by atoms with Gasteiger partial charge >= 0.3 is 0 Å². The zero-order valence-electron chi connectivity index (χ0n) is 19.7. The number of aliphatic hydroxyl groups excluding tert-OH is 1. The Morgan fingerprint density at radius 1 is 0.943 bits per heavy atom. The van der Waals surface area contributed by atoms with Crippen molar-refractivity contribution < 1.29 is 28.6 Å². The lowest BCUT2D eigenvalue weighted by Crippen LogP contribution is -2.29. The van der Waals surface area contributed by atoms with Crippen LogP contribution in [0.4, 0.5) is 10.1 Å². The normalized spacial score (nSPS) is 17.0. The Morgan fingerprint density at radius 3 is 2.26 bits per heavy atom. The van der Waals surface area contributed by atoms with Crippen molar-refractivity contribution in [3.63, 3.8) is 0 Å². The fourth-order valence-corrected chi connectivity index (χ4v) is 4.19. The number of nitrogens with zero attached hydrogens (tertiary/aromatic N) is 1. The number of halogens is 1. The highest BCUT2D eigenvalue weighted by Gasteiger charge is 2.47. The van der Waals surface area contributed by atoms with E-state index in [0.29, 0.717) is 41.5 Å². The van der Waals surface area contributed by atoms with Gasteiger partial charge in [-0.15, -0.1) is 0 Å². The highest BCUT2D eigenvalue weighted by Crippen LogP contribution is 2.43. The first-order valence-corrected chi connectivity index (χ1v) is 11.4. The number of hydrogen-bond donors (Lipinski definition) is 1. The number of amides is 1. The van der Waals surface area contributed by atoms with Crippen molar-refractivity contribution in [2.45, 2.75) is 26.8 Å². The molecule has 0 bridgehead atoms. The summed E-state index contributed by atoms with van der Waals surface area (Å²) >= 11 is 0. The van der Waals surface area contributed by atoms with Crippen molar-refractivity contribution in [1.29, 1.82) is 0 Å². The molecular weight excluding hydrogens is 449 g/mol. The predicted octanol–water partition coefficient (Wildman–Crippen LogP) is 5.56. The Labute approximate surface area is 203 Å². The van der Waals surface area contributed by atoms with E-state index in [1.807, 2.05) is 13.8 Å². The van der Waals surface area contributed by atoms with Crippen LogP contribution in [0.5, 0.6) is 11.5 Å². The van der Waals surface area contributed by atoms with Crippen LogP contribution in [0.3, 0.4) is 0 Å². The Morgan fingerprint density at radius 2 is 1.60 bits per heavy atom. The summed E-state index contributed by atoms with van der Waals surface area (Å²) in [6.45, 7) is 6.14. The molecule has 0 aromatic heterocycles. The van der Waals surface area contributed by atoms with Crippen LogP contribution in [0, 0.1) is 12.7 Å². The van der Waals surface area contributed by atoms with E-state index in [1.54, 1.807) is 55.5 Å². The molecule has 7 heteroatoms. The van der Waals surface area contributed by atoms with Gasteiger partial charge in [0.1, 0.15) is 23.1 Å². The van der Waals surface area contributed by atoms with Crippen molar-refractivity contribution in [2.24, 2.45) is 0 Å². The molecule has 3 aromatic carbocycles. The molecule has 0 spiro atoms. The molecule has 6 nitrogen and oxygen atoms in total. The van der Waals surface area contributed by atoms with Crippen molar-refractivity contribution in [3.05, 3.63) is 94.8 Å². The summed E-state index contributed by atoms with van der Waals surface area (Å²) in [7, 11) is 0. The minimum atomic E-state index is -0.933. The van der Waals surface area contributed by atoms with E-state index >= 15 is 0 Å². The third-order valence-electron chi connectivity index (χ3n) is 5.77. The number of Topliss-reactive ketones (excluding diaryl/α,β-unsaturated/α-hetero) is 1. The maximum Gasteiger partial charge on any atom is 0.300 e. The van der Waals surface area contributed by atoms with Crippen LogP contribution in [-0.4, -0.2) is 30.0 Å². The molecule has 35 heavy (non-hydrogen) atoms. The van der Waals surface area contributed by atoms with Gasteiger partial charge in [-0.2, -0.15) is 0 Å². The molecule has 1 heterocycles. The molecule has 3 aromatic rings. The minimum Gasteiger partial charge on any atom is -0.507 e. The lowest BCUT2D eigenvalue weighted by molar-refractivity contribution is -0.132. The average molecular weight is 476 g/mol. The second-order valence-corrected chi connectivity index (χ2v) is 8.07. The monoisotopic (exact) mass is 475 g/mol. The number of ether oxygens (including phenoxy) is 2. The van der Waals surface area contributed by atoms with E-state index in [1.165, 1.54) is 23.1 Å². The average Bonchev–Trinajstić information content (AvgIpc) is 3.11. The molecular formula is C28H26FNO5. The van der Waals surface area contributed by atoms with E-state index in [0.717, 1.165) is 0 Å². The van der Waals surface area contributed by atoms with Gasteiger partial charge in [-0.25, -0.2) is 4.39 Å². The third kappa shape index (κ3) is 4.62. The van der Waals surface area contributed by atoms with Crippen molar-refractivity contribution >= 4 is 23.1 Å². The molecule has 1 unspecified atom stereocenters. The van der Waals surface area contributed by atoms with E-state index in [4.69, 9.17) is 9.47 Å². The van der Waals surface area contributed by atoms with Crippen LogP contribution < -0.4 is 14.4 Å². The zero-order chi connectivity index (χ0) is 25.1. The number of carbonyl (C=O) groups excluding carboxylic acids is 2. The fourth-order valence-electron chi connectivity index (χ4n) is 4.19. The molecule has 1 aliphatic rings. The quantitative estimate of drug-likeness (QED) is 0.275. The molecule has 1 atom stereocenters. The van der Waals surface area contributed by atoms with Gasteiger partial charge in [-0.05, 0) is 74.4 Å². The topological polar surface area (TPSA) is 76.1 Å². The van der Waals surface area contributed by atoms with Gasteiger partial charge in [0.25, 0.3) is 11.7 Å². The van der Waals surface area contributed by atoms with E-state index in [2.05, 4.69) is 0 Å². The SMILES string of the molecule is CCOc1cccc(C2/C(=C(\O)c3ccc(F)c(C)c3)C(=O)C(=O)N2c2cccc(OCC)c2)c1. The number of hydrogen-bond acceptors (Lipinski definition) is 5. The maximum absolute atomic E-state index is 13.9. The Hall–Kier alpha value is -4.13. The number of aryl methyl sites for hydroxylation is 1. The van der Waals surface area contributed by atoms with Gasteiger partial charge in [0, 0.05) is 17.3 Å². The second-order valence-electron chi connectivity index (χ2n) is 8.07. The van der Waals surface area contributed by atoms with Gasteiger partial charge in [-0.3, -0.25) is 14.5 Å². The number of carbonyl (C=O) groups is 2. The molecule has 1 fully saturated rings. The Balaban J connectivity index is 1.94. The van der Waals surface area contributed by atoms with Gasteiger partial charge in [0.15, 0.2) is 0 Å². The molecule has 0 radical (unpaired) electrons. The van der Waals surface area contributed by atoms with E-state index in [-0.39, 0.29) is 16.9 Å². The zero-order valence-corrected chi connectivity index (χ0v) is 19.7. The predicted molar refractivity (Wildman–Crippen MR) is 131 cm³/mol. The van der Waals surface area contributed by atoms with Gasteiger partial charge in [-0.1, -0.05) is 18.2 Å². The van der Waals surface area contributed by atoms with Crippen LogP contribution in [0.2, 0.25) is 0 Å². The summed E-state index contributed by atoms with van der Waals surface area (Å²) in [4.78, 5) is 28.0. The van der Waals surface area contributed by atoms with Crippen LogP contribution >= 0.6 is 0 Å². The number of benzene rings is 3. The van der Waals surface area contributed by atoms with Crippen LogP contribution in [0.25, 0.3) is 5.76 Å². The van der Waals surface area contributed by atoms with Crippen LogP contribution in [0.15, 0.2) is 72.3 Å². The van der Waals surface area contributed by atoms with Crippen molar-refractivity contribution in [1.82, 2.24) is 0 Å². The van der Waals surface area contributed by atoms with Gasteiger partial charge in [0.05, 0.1) is 24.8 Å².